The summed E-state index contributed by atoms with van der Waals surface area (Å²) in [5, 5.41) is 6.53. The van der Waals surface area contributed by atoms with Gasteiger partial charge in [-0.05, 0) is 36.9 Å². The van der Waals surface area contributed by atoms with Gasteiger partial charge in [-0.25, -0.2) is 4.79 Å². The van der Waals surface area contributed by atoms with Gasteiger partial charge in [0.15, 0.2) is 0 Å². The molecule has 2 heterocycles. The van der Waals surface area contributed by atoms with Crippen LogP contribution in [0.15, 0.2) is 30.3 Å². The summed E-state index contributed by atoms with van der Waals surface area (Å²) in [6.07, 6.45) is 2.05. The van der Waals surface area contributed by atoms with Crippen LogP contribution in [-0.4, -0.2) is 36.6 Å². The molecule has 1 atom stereocenters. The molecule has 2 aliphatic heterocycles. The second kappa shape index (κ2) is 5.58. The molecule has 120 valence electrons. The summed E-state index contributed by atoms with van der Waals surface area (Å²) in [5.41, 5.74) is 0.908. The van der Waals surface area contributed by atoms with Gasteiger partial charge in [-0.15, -0.1) is 0 Å². The number of amides is 2. The number of nitrogens with zero attached hydrogens (tertiary/aromatic N) is 1. The molecule has 1 aromatic carbocycles. The van der Waals surface area contributed by atoms with E-state index in [0.29, 0.717) is 12.6 Å². The van der Waals surface area contributed by atoms with Crippen molar-refractivity contribution in [3.05, 3.63) is 35.9 Å². The van der Waals surface area contributed by atoms with Gasteiger partial charge in [-0.1, -0.05) is 51.1 Å². The lowest BCUT2D eigenvalue weighted by Crippen LogP contribution is -2.58. The monoisotopic (exact) mass is 301 g/mol. The fraction of sp³-hybridized carbons (Fsp3) is 0.611. The summed E-state index contributed by atoms with van der Waals surface area (Å²) in [6.45, 7) is 9.40. The molecule has 1 aromatic rings. The predicted molar refractivity (Wildman–Crippen MR) is 88.7 cm³/mol. The highest BCUT2D eigenvalue weighted by Crippen LogP contribution is 2.48. The van der Waals surface area contributed by atoms with Crippen molar-refractivity contribution in [3.63, 3.8) is 0 Å². The second-order valence-electron chi connectivity index (χ2n) is 7.49. The predicted octanol–water partition coefficient (Wildman–Crippen LogP) is 2.71. The van der Waals surface area contributed by atoms with Crippen LogP contribution in [0.5, 0.6) is 0 Å². The Balaban J connectivity index is 2.09. The number of hydrogen-bond donors (Lipinski definition) is 2. The van der Waals surface area contributed by atoms with Gasteiger partial charge in [0.05, 0.1) is 5.54 Å². The third kappa shape index (κ3) is 2.30. The van der Waals surface area contributed by atoms with Crippen LogP contribution in [0.3, 0.4) is 0 Å². The number of piperidine rings is 1. The Morgan fingerprint density at radius 3 is 2.36 bits per heavy atom. The molecule has 2 amide bonds. The van der Waals surface area contributed by atoms with E-state index in [1.165, 1.54) is 5.56 Å². The molecule has 2 fully saturated rings. The number of carbonyl (C=O) groups is 1. The highest BCUT2D eigenvalue weighted by Gasteiger charge is 2.56. The van der Waals surface area contributed by atoms with Gasteiger partial charge in [0.2, 0.25) is 0 Å². The Kier molecular flexibility index (Phi) is 3.89. The van der Waals surface area contributed by atoms with E-state index in [-0.39, 0.29) is 17.0 Å². The lowest BCUT2D eigenvalue weighted by Gasteiger charge is -2.51. The van der Waals surface area contributed by atoms with Crippen LogP contribution in [0.1, 0.15) is 39.2 Å². The maximum absolute atomic E-state index is 12.7. The molecule has 0 saturated carbocycles. The number of benzene rings is 1. The van der Waals surface area contributed by atoms with Crippen molar-refractivity contribution in [2.45, 2.75) is 45.2 Å². The van der Waals surface area contributed by atoms with Crippen LogP contribution in [0, 0.1) is 5.41 Å². The molecule has 2 N–H and O–H groups in total. The minimum atomic E-state index is -0.284. The Bertz CT molecular complexity index is 531. The van der Waals surface area contributed by atoms with Gasteiger partial charge in [-0.2, -0.15) is 0 Å². The van der Waals surface area contributed by atoms with Crippen molar-refractivity contribution in [2.75, 3.05) is 19.6 Å². The summed E-state index contributed by atoms with van der Waals surface area (Å²) in [5.74, 6) is 0. The first kappa shape index (κ1) is 15.3. The van der Waals surface area contributed by atoms with Crippen molar-refractivity contribution in [3.8, 4) is 0 Å². The number of hydrogen-bond acceptors (Lipinski definition) is 2. The molecule has 2 aliphatic rings. The van der Waals surface area contributed by atoms with Crippen LogP contribution >= 0.6 is 0 Å². The van der Waals surface area contributed by atoms with Crippen LogP contribution in [-0.2, 0) is 5.54 Å². The third-order valence-corrected chi connectivity index (χ3v) is 5.29. The Labute approximate surface area is 133 Å². The summed E-state index contributed by atoms with van der Waals surface area (Å²) < 4.78 is 0. The van der Waals surface area contributed by atoms with Gasteiger partial charge >= 0.3 is 6.03 Å². The van der Waals surface area contributed by atoms with Gasteiger partial charge < -0.3 is 15.5 Å². The first-order valence-corrected chi connectivity index (χ1v) is 8.30. The van der Waals surface area contributed by atoms with E-state index in [1.807, 2.05) is 6.07 Å². The number of urea groups is 1. The molecule has 3 rings (SSSR count). The summed E-state index contributed by atoms with van der Waals surface area (Å²) >= 11 is 0. The molecule has 0 bridgehead atoms. The third-order valence-electron chi connectivity index (χ3n) is 5.29. The highest BCUT2D eigenvalue weighted by atomic mass is 16.2. The smallest absolute Gasteiger partial charge is 0.318 e. The van der Waals surface area contributed by atoms with E-state index >= 15 is 0 Å². The average molecular weight is 301 g/mol. The summed E-state index contributed by atoms with van der Waals surface area (Å²) in [4.78, 5) is 14.9. The van der Waals surface area contributed by atoms with E-state index in [1.54, 1.807) is 0 Å². The lowest BCUT2D eigenvalue weighted by atomic mass is 9.68. The van der Waals surface area contributed by atoms with E-state index < -0.39 is 0 Å². The molecular weight excluding hydrogens is 274 g/mol. The largest absolute Gasteiger partial charge is 0.335 e. The number of carbonyl (C=O) groups excluding carboxylic acids is 1. The maximum atomic E-state index is 12.7. The van der Waals surface area contributed by atoms with Crippen molar-refractivity contribution in [2.24, 2.45) is 5.41 Å². The molecule has 2 saturated heterocycles. The first-order chi connectivity index (χ1) is 10.5. The molecule has 0 aromatic heterocycles. The summed E-state index contributed by atoms with van der Waals surface area (Å²) in [6, 6.07) is 10.9. The zero-order valence-corrected chi connectivity index (χ0v) is 13.9. The summed E-state index contributed by atoms with van der Waals surface area (Å²) in [7, 11) is 0. The van der Waals surface area contributed by atoms with Crippen LogP contribution in [0.25, 0.3) is 0 Å². The SMILES string of the molecule is CC(C)(C)C1(c2ccccc2)CNC(=O)N1C1CCNCC1. The molecule has 0 radical (unpaired) electrons. The van der Waals surface area contributed by atoms with Crippen LogP contribution < -0.4 is 10.6 Å². The first-order valence-electron chi connectivity index (χ1n) is 8.30. The van der Waals surface area contributed by atoms with Crippen molar-refractivity contribution in [1.82, 2.24) is 15.5 Å². The van der Waals surface area contributed by atoms with Gasteiger partial charge in [0, 0.05) is 12.6 Å². The number of rotatable bonds is 2. The van der Waals surface area contributed by atoms with Crippen molar-refractivity contribution >= 4 is 6.03 Å². The van der Waals surface area contributed by atoms with Gasteiger partial charge in [-0.3, -0.25) is 0 Å². The molecule has 22 heavy (non-hydrogen) atoms. The van der Waals surface area contributed by atoms with E-state index in [9.17, 15) is 4.79 Å². The maximum Gasteiger partial charge on any atom is 0.318 e. The van der Waals surface area contributed by atoms with Crippen LogP contribution in [0.4, 0.5) is 4.79 Å². The molecular formula is C18H27N3O. The topological polar surface area (TPSA) is 44.4 Å². The standard InChI is InChI=1S/C18H27N3O/c1-17(2,3)18(14-7-5-4-6-8-14)13-20-16(22)21(18)15-9-11-19-12-10-15/h4-8,15,19H,9-13H2,1-3H3,(H,20,22). The molecule has 1 unspecified atom stereocenters. The van der Waals surface area contributed by atoms with E-state index in [4.69, 9.17) is 0 Å². The lowest BCUT2D eigenvalue weighted by molar-refractivity contribution is 0.0151. The Morgan fingerprint density at radius 1 is 1.14 bits per heavy atom. The molecule has 0 spiro atoms. The molecule has 0 aliphatic carbocycles. The molecule has 4 heteroatoms. The van der Waals surface area contributed by atoms with Gasteiger partial charge in [0.1, 0.15) is 0 Å². The number of nitrogens with one attached hydrogen (secondary N) is 2. The zero-order valence-electron chi connectivity index (χ0n) is 13.9. The fourth-order valence-electron chi connectivity index (χ4n) is 4.10. The van der Waals surface area contributed by atoms with Crippen LogP contribution in [0.2, 0.25) is 0 Å². The molecule has 4 nitrogen and oxygen atoms in total. The highest BCUT2D eigenvalue weighted by molar-refractivity contribution is 5.79. The Hall–Kier alpha value is -1.55. The fourth-order valence-corrected chi connectivity index (χ4v) is 4.10. The van der Waals surface area contributed by atoms with E-state index in [2.05, 4.69) is 60.6 Å². The minimum absolute atomic E-state index is 0.0433. The normalized spacial score (nSPS) is 27.0. The average Bonchev–Trinajstić information content (AvgIpc) is 2.87. The second-order valence-corrected chi connectivity index (χ2v) is 7.49. The van der Waals surface area contributed by atoms with Gasteiger partial charge in [0.25, 0.3) is 0 Å². The van der Waals surface area contributed by atoms with E-state index in [0.717, 1.165) is 25.9 Å². The zero-order chi connectivity index (χ0) is 15.8. The van der Waals surface area contributed by atoms with Crippen molar-refractivity contribution < 1.29 is 4.79 Å². The minimum Gasteiger partial charge on any atom is -0.335 e. The van der Waals surface area contributed by atoms with Crippen molar-refractivity contribution in [1.29, 1.82) is 0 Å². The Morgan fingerprint density at radius 2 is 1.77 bits per heavy atom. The quantitative estimate of drug-likeness (QED) is 0.882.